The van der Waals surface area contributed by atoms with Crippen LogP contribution in [0.1, 0.15) is 22.1 Å². The number of fused-ring (bicyclic) bond motifs is 1. The van der Waals surface area contributed by atoms with Crippen LogP contribution in [0, 0.1) is 6.92 Å². The van der Waals surface area contributed by atoms with Crippen molar-refractivity contribution in [2.24, 2.45) is 0 Å². The number of amides is 1. The Hall–Kier alpha value is -3.76. The monoisotopic (exact) mass is 340 g/mol. The van der Waals surface area contributed by atoms with Crippen LogP contribution in [-0.2, 0) is 6.54 Å². The first-order chi connectivity index (χ1) is 12.1. The quantitative estimate of drug-likeness (QED) is 0.475. The lowest BCUT2D eigenvalue weighted by Gasteiger charge is -2.03. The van der Waals surface area contributed by atoms with E-state index in [0.717, 1.165) is 5.56 Å². The largest absolute Gasteiger partial charge is 0.343 e. The van der Waals surface area contributed by atoms with Gasteiger partial charge in [0.15, 0.2) is 17.3 Å². The topological polar surface area (TPSA) is 147 Å². The normalized spacial score (nSPS) is 11.1. The van der Waals surface area contributed by atoms with Gasteiger partial charge in [-0.1, -0.05) is 5.16 Å². The van der Waals surface area contributed by atoms with Gasteiger partial charge in [-0.25, -0.2) is 4.79 Å². The summed E-state index contributed by atoms with van der Waals surface area (Å²) >= 11 is 0. The molecule has 4 heterocycles. The predicted octanol–water partition coefficient (Wildman–Crippen LogP) is 0.0341. The van der Waals surface area contributed by atoms with Gasteiger partial charge in [0.05, 0.1) is 6.54 Å². The van der Waals surface area contributed by atoms with E-state index >= 15 is 0 Å². The minimum atomic E-state index is -0.443. The smallest absolute Gasteiger partial charge is 0.323 e. The fraction of sp³-hybridized carbons (Fsp3) is 0.143. The molecule has 0 bridgehead atoms. The van der Waals surface area contributed by atoms with Crippen molar-refractivity contribution in [2.45, 2.75) is 13.5 Å². The maximum absolute atomic E-state index is 11.9. The fourth-order valence-corrected chi connectivity index (χ4v) is 2.32. The van der Waals surface area contributed by atoms with Crippen LogP contribution in [0.25, 0.3) is 17.1 Å². The number of carbonyl (C=O) groups is 1. The van der Waals surface area contributed by atoms with E-state index in [2.05, 4.69) is 35.6 Å². The van der Waals surface area contributed by atoms with Crippen LogP contribution in [0.4, 0.5) is 0 Å². The molecule has 3 N–H and O–H groups in total. The molecule has 0 atom stereocenters. The number of aromatic nitrogens is 7. The van der Waals surface area contributed by atoms with Gasteiger partial charge in [-0.05, 0) is 19.1 Å². The van der Waals surface area contributed by atoms with Crippen molar-refractivity contribution in [2.75, 3.05) is 0 Å². The van der Waals surface area contributed by atoms with Gasteiger partial charge in [-0.2, -0.15) is 4.98 Å². The molecule has 0 unspecified atom stereocenters. The molecule has 11 nitrogen and oxygen atoms in total. The van der Waals surface area contributed by atoms with Crippen LogP contribution < -0.4 is 11.0 Å². The lowest BCUT2D eigenvalue weighted by atomic mass is 10.2. The number of hydrogen-bond acceptors (Lipinski definition) is 7. The average Bonchev–Trinajstić information content (AvgIpc) is 3.32. The minimum absolute atomic E-state index is 0.145. The van der Waals surface area contributed by atoms with Gasteiger partial charge in [0.25, 0.3) is 11.8 Å². The Labute approximate surface area is 139 Å². The SMILES string of the molecule is Cc1noc(-c2ccn3c(CNC(=O)c4c[nH]c(=O)[nH]4)nnc3c2)n1. The average molecular weight is 340 g/mol. The van der Waals surface area contributed by atoms with Crippen molar-refractivity contribution in [3.8, 4) is 11.5 Å². The number of nitrogens with one attached hydrogen (secondary N) is 3. The predicted molar refractivity (Wildman–Crippen MR) is 83.6 cm³/mol. The number of nitrogens with zero attached hydrogens (tertiary/aromatic N) is 5. The highest BCUT2D eigenvalue weighted by molar-refractivity contribution is 5.91. The maximum Gasteiger partial charge on any atom is 0.323 e. The van der Waals surface area contributed by atoms with Crippen LogP contribution in [-0.4, -0.2) is 40.6 Å². The highest BCUT2D eigenvalue weighted by atomic mass is 16.5. The first-order valence-corrected chi connectivity index (χ1v) is 7.30. The van der Waals surface area contributed by atoms with Crippen molar-refractivity contribution in [3.63, 3.8) is 0 Å². The van der Waals surface area contributed by atoms with Crippen LogP contribution in [0.5, 0.6) is 0 Å². The van der Waals surface area contributed by atoms with E-state index in [1.165, 1.54) is 6.20 Å². The summed E-state index contributed by atoms with van der Waals surface area (Å²) in [6, 6.07) is 3.55. The van der Waals surface area contributed by atoms with E-state index in [-0.39, 0.29) is 12.2 Å². The Morgan fingerprint density at radius 1 is 1.40 bits per heavy atom. The second-order valence-electron chi connectivity index (χ2n) is 5.25. The van der Waals surface area contributed by atoms with E-state index in [9.17, 15) is 9.59 Å². The molecule has 4 aromatic rings. The number of rotatable bonds is 4. The van der Waals surface area contributed by atoms with E-state index in [1.54, 1.807) is 29.7 Å². The molecule has 0 aromatic carbocycles. The lowest BCUT2D eigenvalue weighted by molar-refractivity contribution is 0.0945. The minimum Gasteiger partial charge on any atom is -0.343 e. The highest BCUT2D eigenvalue weighted by Crippen LogP contribution is 2.18. The lowest BCUT2D eigenvalue weighted by Crippen LogP contribution is -2.24. The van der Waals surface area contributed by atoms with Crippen molar-refractivity contribution in [3.05, 3.63) is 52.4 Å². The molecule has 0 saturated heterocycles. The molecule has 0 radical (unpaired) electrons. The van der Waals surface area contributed by atoms with Crippen LogP contribution >= 0.6 is 0 Å². The summed E-state index contributed by atoms with van der Waals surface area (Å²) in [5, 5.41) is 14.5. The number of aromatic amines is 2. The second kappa shape index (κ2) is 5.70. The molecule has 1 amide bonds. The Kier molecular flexibility index (Phi) is 3.38. The van der Waals surface area contributed by atoms with Crippen molar-refractivity contribution >= 4 is 11.6 Å². The van der Waals surface area contributed by atoms with Crippen molar-refractivity contribution in [1.29, 1.82) is 0 Å². The van der Waals surface area contributed by atoms with E-state index in [0.29, 0.717) is 23.2 Å². The van der Waals surface area contributed by atoms with Crippen LogP contribution in [0.3, 0.4) is 0 Å². The van der Waals surface area contributed by atoms with Gasteiger partial charge in [0.1, 0.15) is 5.69 Å². The molecule has 0 fully saturated rings. The van der Waals surface area contributed by atoms with Crippen LogP contribution in [0.2, 0.25) is 0 Å². The zero-order chi connectivity index (χ0) is 17.4. The summed E-state index contributed by atoms with van der Waals surface area (Å²) < 4.78 is 6.86. The third kappa shape index (κ3) is 2.78. The summed E-state index contributed by atoms with van der Waals surface area (Å²) in [5.41, 5.74) is 1.00. The Morgan fingerprint density at radius 2 is 2.28 bits per heavy atom. The molecule has 0 aliphatic carbocycles. The van der Waals surface area contributed by atoms with Gasteiger partial charge in [0.2, 0.25) is 0 Å². The summed E-state index contributed by atoms with van der Waals surface area (Å²) in [6.45, 7) is 1.88. The fourth-order valence-electron chi connectivity index (χ4n) is 2.32. The third-order valence-corrected chi connectivity index (χ3v) is 3.50. The Morgan fingerprint density at radius 3 is 3.00 bits per heavy atom. The molecular weight excluding hydrogens is 328 g/mol. The second-order valence-corrected chi connectivity index (χ2v) is 5.25. The number of aryl methyl sites for hydroxylation is 1. The van der Waals surface area contributed by atoms with E-state index in [4.69, 9.17) is 4.52 Å². The highest BCUT2D eigenvalue weighted by Gasteiger charge is 2.13. The maximum atomic E-state index is 11.9. The Bertz CT molecular complexity index is 1120. The van der Waals surface area contributed by atoms with E-state index < -0.39 is 11.6 Å². The zero-order valence-corrected chi connectivity index (χ0v) is 13.0. The molecular formula is C14H12N8O3. The van der Waals surface area contributed by atoms with Crippen molar-refractivity contribution < 1.29 is 9.32 Å². The van der Waals surface area contributed by atoms with Gasteiger partial charge in [-0.3, -0.25) is 9.20 Å². The molecule has 0 aliphatic heterocycles. The molecule has 0 aliphatic rings. The summed E-state index contributed by atoms with van der Waals surface area (Å²) in [7, 11) is 0. The first-order valence-electron chi connectivity index (χ1n) is 7.30. The number of hydrogen-bond donors (Lipinski definition) is 3. The number of carbonyl (C=O) groups excluding carboxylic acids is 1. The molecule has 0 spiro atoms. The molecule has 25 heavy (non-hydrogen) atoms. The summed E-state index contributed by atoms with van der Waals surface area (Å²) in [5.74, 6) is 1.05. The van der Waals surface area contributed by atoms with Gasteiger partial charge in [0, 0.05) is 18.0 Å². The Balaban J connectivity index is 1.55. The van der Waals surface area contributed by atoms with Crippen molar-refractivity contribution in [1.82, 2.24) is 40.0 Å². The molecule has 4 rings (SSSR count). The molecule has 126 valence electrons. The number of pyridine rings is 1. The summed E-state index contributed by atoms with van der Waals surface area (Å²) in [6.07, 6.45) is 3.06. The van der Waals surface area contributed by atoms with Gasteiger partial charge >= 0.3 is 5.69 Å². The molecule has 0 saturated carbocycles. The standard InChI is InChI=1S/C14H12N8O3/c1-7-17-13(25-21-7)8-2-3-22-10(4-8)19-20-11(22)6-15-12(23)9-5-16-14(24)18-9/h2-5H,6H2,1H3,(H,15,23)(H2,16,18,24). The number of H-pyrrole nitrogens is 2. The third-order valence-electron chi connectivity index (χ3n) is 3.50. The van der Waals surface area contributed by atoms with Crippen LogP contribution in [0.15, 0.2) is 33.8 Å². The van der Waals surface area contributed by atoms with E-state index in [1.807, 2.05) is 0 Å². The summed E-state index contributed by atoms with van der Waals surface area (Å²) in [4.78, 5) is 31.9. The molecule has 4 aromatic heterocycles. The molecule has 11 heteroatoms. The zero-order valence-electron chi connectivity index (χ0n) is 13.0. The van der Waals surface area contributed by atoms with Gasteiger partial charge < -0.3 is 19.8 Å². The first kappa shape index (κ1) is 14.8. The number of imidazole rings is 1. The van der Waals surface area contributed by atoms with Gasteiger partial charge in [-0.15, -0.1) is 10.2 Å².